The SMILES string of the molecule is CCCCCC(O)C(CC(O)C(CCCCCCCC(=O)OCC(COC(=O)CCCCCCCC(O)C(CC(OC(C)C(=O)CC(C)C)C(O)CC(OC(C)C(=O)CC(C)C)C(O)CC)OC(C)C(=O)CC(C)C)OC(=O)CCCCCCCC(OC(C)C(=O)CC(C)C)C(O)CC(O)C(CCCCC)OC(C)C(=O)CC(C)C)OC(C)C(=O)CC(C)C)OC(C)C(=O)CC(C)C. The summed E-state index contributed by atoms with van der Waals surface area (Å²) in [5.41, 5.74) is 0. The highest BCUT2D eigenvalue weighted by Crippen LogP contribution is 2.31. The molecule has 0 spiro atoms. The van der Waals surface area contributed by atoms with Crippen molar-refractivity contribution in [2.75, 3.05) is 13.2 Å². The number of ketones is 7. The number of Topliss-reactive ketones (excluding diaryl/α,β-unsaturated/α-hetero) is 7. The Morgan fingerprint density at radius 1 is 0.218 bits per heavy atom. The van der Waals surface area contributed by atoms with E-state index in [0.29, 0.717) is 148 Å². The Balaban J connectivity index is 6.72. The van der Waals surface area contributed by atoms with E-state index in [1.54, 1.807) is 55.4 Å². The topological polar surface area (TPSA) is 405 Å². The van der Waals surface area contributed by atoms with Gasteiger partial charge in [-0.3, -0.25) is 47.9 Å². The number of aliphatic hydroxyl groups excluding tert-OH is 7. The van der Waals surface area contributed by atoms with Crippen LogP contribution in [-0.2, 0) is 95.3 Å². The van der Waals surface area contributed by atoms with Crippen LogP contribution in [0.15, 0.2) is 0 Å². The van der Waals surface area contributed by atoms with Gasteiger partial charge >= 0.3 is 17.9 Å². The fourth-order valence-corrected chi connectivity index (χ4v) is 16.3. The van der Waals surface area contributed by atoms with Crippen molar-refractivity contribution in [3.63, 3.8) is 0 Å². The molecule has 0 bridgehead atoms. The predicted molar refractivity (Wildman–Crippen MR) is 519 cm³/mol. The monoisotopic (exact) mass is 1900 g/mol. The van der Waals surface area contributed by atoms with Gasteiger partial charge in [0.15, 0.2) is 46.6 Å². The van der Waals surface area contributed by atoms with Gasteiger partial charge in [-0.25, -0.2) is 0 Å². The quantitative estimate of drug-likeness (QED) is 0.0169. The van der Waals surface area contributed by atoms with Crippen LogP contribution in [-0.4, -0.2) is 242 Å². The first kappa shape index (κ1) is 129. The van der Waals surface area contributed by atoms with Crippen molar-refractivity contribution >= 4 is 58.4 Å². The van der Waals surface area contributed by atoms with Crippen molar-refractivity contribution in [3.8, 4) is 0 Å². The number of hydrogen-bond acceptors (Lipinski definition) is 27. The van der Waals surface area contributed by atoms with E-state index in [0.717, 1.165) is 38.5 Å². The molecular weight excluding hydrogens is 1710 g/mol. The molecule has 0 aromatic carbocycles. The molecule has 0 heterocycles. The Labute approximate surface area is 803 Å². The zero-order valence-corrected chi connectivity index (χ0v) is 87.4. The van der Waals surface area contributed by atoms with Crippen LogP contribution in [0, 0.1) is 41.4 Å². The van der Waals surface area contributed by atoms with Gasteiger partial charge in [-0.05, 0) is 148 Å². The Kier molecular flexibility index (Phi) is 72.0. The van der Waals surface area contributed by atoms with Crippen LogP contribution in [0.1, 0.15) is 429 Å². The van der Waals surface area contributed by atoms with Gasteiger partial charge in [-0.2, -0.15) is 0 Å². The number of carbonyl (C=O) groups is 10. The summed E-state index contributed by atoms with van der Waals surface area (Å²) in [6.45, 7) is 43.8. The Morgan fingerprint density at radius 2 is 0.429 bits per heavy atom. The van der Waals surface area contributed by atoms with Crippen LogP contribution in [0.3, 0.4) is 0 Å². The van der Waals surface area contributed by atoms with Gasteiger partial charge in [0.25, 0.3) is 0 Å². The molecule has 22 unspecified atom stereocenters. The lowest BCUT2D eigenvalue weighted by atomic mass is 9.93. The van der Waals surface area contributed by atoms with Gasteiger partial charge in [0.05, 0.1) is 85.5 Å². The second-order valence-corrected chi connectivity index (χ2v) is 41.4. The minimum absolute atomic E-state index is 0.00181. The molecule has 133 heavy (non-hydrogen) atoms. The van der Waals surface area contributed by atoms with E-state index in [9.17, 15) is 83.7 Å². The number of hydrogen-bond donors (Lipinski definition) is 7. The lowest BCUT2D eigenvalue weighted by Crippen LogP contribution is -2.46. The lowest BCUT2D eigenvalue weighted by molar-refractivity contribution is -0.167. The smallest absolute Gasteiger partial charge is 0.306 e. The van der Waals surface area contributed by atoms with Crippen LogP contribution >= 0.6 is 0 Å². The maximum absolute atomic E-state index is 13.7. The predicted octanol–water partition coefficient (Wildman–Crippen LogP) is 18.6. The highest BCUT2D eigenvalue weighted by Gasteiger charge is 2.40. The Bertz CT molecular complexity index is 3100. The number of carbonyl (C=O) groups excluding carboxylic acids is 10. The van der Waals surface area contributed by atoms with Gasteiger partial charge in [-0.1, -0.05) is 233 Å². The number of rotatable bonds is 88. The molecule has 0 fully saturated rings. The fraction of sp³-hybridized carbons (Fsp3) is 0.906. The summed E-state index contributed by atoms with van der Waals surface area (Å²) in [6.07, 6.45) is -3.64. The normalized spacial score (nSPS) is 17.2. The third kappa shape index (κ3) is 62.4. The largest absolute Gasteiger partial charge is 0.462 e. The molecule has 0 aliphatic carbocycles. The molecule has 22 atom stereocenters. The first-order valence-electron chi connectivity index (χ1n) is 52.1. The minimum atomic E-state index is -1.39. The molecule has 0 radical (unpaired) electrons. The molecule has 7 N–H and O–H groups in total. The van der Waals surface area contributed by atoms with E-state index < -0.39 is 159 Å². The molecule has 0 aliphatic rings. The van der Waals surface area contributed by atoms with E-state index in [1.165, 1.54) is 0 Å². The first-order valence-corrected chi connectivity index (χ1v) is 52.1. The van der Waals surface area contributed by atoms with Crippen molar-refractivity contribution in [2.24, 2.45) is 41.4 Å². The molecule has 780 valence electrons. The third-order valence-corrected chi connectivity index (χ3v) is 24.4. The van der Waals surface area contributed by atoms with Gasteiger partial charge < -0.3 is 83.1 Å². The van der Waals surface area contributed by atoms with Crippen molar-refractivity contribution in [3.05, 3.63) is 0 Å². The molecular formula is C106H194O27. The zero-order valence-electron chi connectivity index (χ0n) is 87.4. The zero-order chi connectivity index (χ0) is 101. The fourth-order valence-electron chi connectivity index (χ4n) is 16.3. The van der Waals surface area contributed by atoms with Crippen LogP contribution < -0.4 is 0 Å². The summed E-state index contributed by atoms with van der Waals surface area (Å²) >= 11 is 0. The van der Waals surface area contributed by atoms with E-state index in [1.807, 2.05) is 96.9 Å². The average Bonchev–Trinajstić information content (AvgIpc) is 0.850. The number of esters is 3. The van der Waals surface area contributed by atoms with Gasteiger partial charge in [0.1, 0.15) is 55.9 Å². The molecule has 0 aromatic rings. The van der Waals surface area contributed by atoms with E-state index in [4.69, 9.17) is 47.4 Å². The molecule has 27 nitrogen and oxygen atoms in total. The molecule has 27 heteroatoms. The summed E-state index contributed by atoms with van der Waals surface area (Å²) in [6, 6.07) is 0. The standard InChI is InChI=1S/C106H194O27/c1-25-28-39-47-84(108)101(130-79(22)90(114)59-72(12)13)63-95(119)99(128-77(20)88(112)57-70(8)9)51-43-34-31-37-45-53-105(122)125-67-82(133-106(123)54-46-38-32-35-42-50-98(127-76(19)87(111)56-69(6)7)94(118)62-93(117)97(49-40-29-26-2)126-75(18)86(110)55-68(4)5)66-124-104(121)52-44-36-30-33-41-48-85(109)102(131-80(23)91(115)60-73(14)15)65-103(132-81(24)92(116)61-74(16)17)96(120)64-100(83(107)27-3)129-78(21)89(113)58-71(10)11/h68-85,93-103,107-109,117-120H,25-67H2,1-24H3. The molecule has 0 aliphatic heterocycles. The molecule has 0 amide bonds. The van der Waals surface area contributed by atoms with E-state index >= 15 is 0 Å². The molecule has 0 saturated heterocycles. The summed E-state index contributed by atoms with van der Waals surface area (Å²) in [7, 11) is 0. The van der Waals surface area contributed by atoms with Crippen LogP contribution in [0.4, 0.5) is 0 Å². The summed E-state index contributed by atoms with van der Waals surface area (Å²) in [5, 5.41) is 82.1. The Hall–Kier alpha value is -4.46. The second kappa shape index (κ2) is 74.5. The summed E-state index contributed by atoms with van der Waals surface area (Å²) in [4.78, 5) is 133. The second-order valence-electron chi connectivity index (χ2n) is 41.4. The number of ether oxygens (including phenoxy) is 10. The van der Waals surface area contributed by atoms with E-state index in [-0.39, 0.29) is 166 Å². The number of aliphatic hydroxyl groups is 7. The highest BCUT2D eigenvalue weighted by molar-refractivity contribution is 5.85. The first-order chi connectivity index (χ1) is 62.5. The maximum atomic E-state index is 13.7. The highest BCUT2D eigenvalue weighted by atomic mass is 16.6. The Morgan fingerprint density at radius 3 is 0.707 bits per heavy atom. The van der Waals surface area contributed by atoms with Crippen molar-refractivity contribution in [2.45, 2.75) is 564 Å². The van der Waals surface area contributed by atoms with E-state index in [2.05, 4.69) is 13.8 Å². The summed E-state index contributed by atoms with van der Waals surface area (Å²) in [5.74, 6) is -2.06. The molecule has 0 saturated carbocycles. The third-order valence-electron chi connectivity index (χ3n) is 24.4. The molecule has 0 rings (SSSR count). The van der Waals surface area contributed by atoms with Gasteiger partial charge in [-0.15, -0.1) is 0 Å². The minimum Gasteiger partial charge on any atom is -0.462 e. The van der Waals surface area contributed by atoms with Crippen LogP contribution in [0.25, 0.3) is 0 Å². The lowest BCUT2D eigenvalue weighted by Gasteiger charge is -2.35. The van der Waals surface area contributed by atoms with Crippen LogP contribution in [0.2, 0.25) is 0 Å². The van der Waals surface area contributed by atoms with Crippen molar-refractivity contribution in [1.82, 2.24) is 0 Å². The van der Waals surface area contributed by atoms with Crippen molar-refractivity contribution < 1.29 is 131 Å². The average molecular weight is 1900 g/mol. The molecule has 0 aromatic heterocycles. The maximum Gasteiger partial charge on any atom is 0.306 e. The van der Waals surface area contributed by atoms with Gasteiger partial charge in [0.2, 0.25) is 0 Å². The number of unbranched alkanes of at least 4 members (excludes halogenated alkanes) is 16. The van der Waals surface area contributed by atoms with Gasteiger partial charge in [0, 0.05) is 89.9 Å². The summed E-state index contributed by atoms with van der Waals surface area (Å²) < 4.78 is 61.4. The van der Waals surface area contributed by atoms with Crippen molar-refractivity contribution in [1.29, 1.82) is 0 Å². The van der Waals surface area contributed by atoms with Crippen LogP contribution in [0.5, 0.6) is 0 Å².